The molecule has 0 radical (unpaired) electrons. The van der Waals surface area contributed by atoms with Crippen LogP contribution in [-0.2, 0) is 11.2 Å². The van der Waals surface area contributed by atoms with Crippen LogP contribution in [0.3, 0.4) is 0 Å². The van der Waals surface area contributed by atoms with Gasteiger partial charge in [-0.3, -0.25) is 4.79 Å². The van der Waals surface area contributed by atoms with E-state index in [1.807, 2.05) is 48.5 Å². The van der Waals surface area contributed by atoms with Crippen LogP contribution >= 0.6 is 22.6 Å². The minimum atomic E-state index is -0.290. The van der Waals surface area contributed by atoms with Crippen LogP contribution in [0.1, 0.15) is 18.1 Å². The standard InChI is InChI=1S/C17H17IN2O2/c1-2-13-6-8-16(9-7-13)22-12-17(21)20-19-11-14-4-3-5-15(18)10-14/h3-11H,2,12H2,1H3,(H,20,21)/b19-11-. The first-order valence-corrected chi connectivity index (χ1v) is 8.04. The first-order valence-electron chi connectivity index (χ1n) is 6.96. The molecule has 22 heavy (non-hydrogen) atoms. The maximum atomic E-state index is 11.6. The molecule has 2 aromatic carbocycles. The molecule has 0 atom stereocenters. The lowest BCUT2D eigenvalue weighted by Gasteiger charge is -2.05. The van der Waals surface area contributed by atoms with Crippen molar-refractivity contribution < 1.29 is 9.53 Å². The minimum absolute atomic E-state index is 0.0604. The molecule has 0 heterocycles. The zero-order valence-electron chi connectivity index (χ0n) is 12.3. The quantitative estimate of drug-likeness (QED) is 0.453. The molecule has 114 valence electrons. The van der Waals surface area contributed by atoms with Gasteiger partial charge in [0.1, 0.15) is 5.75 Å². The number of hydrazone groups is 1. The predicted molar refractivity (Wildman–Crippen MR) is 96.2 cm³/mol. The number of nitrogens with zero attached hydrogens (tertiary/aromatic N) is 1. The van der Waals surface area contributed by atoms with Crippen molar-refractivity contribution >= 4 is 34.7 Å². The van der Waals surface area contributed by atoms with Gasteiger partial charge in [0.05, 0.1) is 6.21 Å². The Balaban J connectivity index is 1.77. The molecule has 0 aliphatic rings. The fourth-order valence-electron chi connectivity index (χ4n) is 1.77. The van der Waals surface area contributed by atoms with Gasteiger partial charge in [0.2, 0.25) is 0 Å². The van der Waals surface area contributed by atoms with Crippen molar-refractivity contribution in [3.05, 3.63) is 63.2 Å². The summed E-state index contributed by atoms with van der Waals surface area (Å²) in [5.41, 5.74) is 4.62. The molecule has 0 spiro atoms. The number of rotatable bonds is 6. The summed E-state index contributed by atoms with van der Waals surface area (Å²) in [7, 11) is 0. The fraction of sp³-hybridized carbons (Fsp3) is 0.176. The second kappa shape index (κ2) is 8.53. The largest absolute Gasteiger partial charge is 0.484 e. The van der Waals surface area contributed by atoms with Crippen LogP contribution in [-0.4, -0.2) is 18.7 Å². The van der Waals surface area contributed by atoms with Gasteiger partial charge in [-0.25, -0.2) is 5.43 Å². The van der Waals surface area contributed by atoms with E-state index in [4.69, 9.17) is 4.74 Å². The van der Waals surface area contributed by atoms with Crippen molar-refractivity contribution in [2.45, 2.75) is 13.3 Å². The Morgan fingerprint density at radius 2 is 2.05 bits per heavy atom. The summed E-state index contributed by atoms with van der Waals surface area (Å²) in [6.07, 6.45) is 2.59. The van der Waals surface area contributed by atoms with Crippen LogP contribution in [0.25, 0.3) is 0 Å². The van der Waals surface area contributed by atoms with Gasteiger partial charge in [-0.15, -0.1) is 0 Å². The SMILES string of the molecule is CCc1ccc(OCC(=O)N/N=C\c2cccc(I)c2)cc1. The molecule has 0 aliphatic heterocycles. The van der Waals surface area contributed by atoms with E-state index in [0.29, 0.717) is 5.75 Å². The van der Waals surface area contributed by atoms with Gasteiger partial charge in [-0.1, -0.05) is 31.2 Å². The second-order valence-corrected chi connectivity index (χ2v) is 5.88. The molecule has 0 saturated heterocycles. The molecule has 5 heteroatoms. The Hall–Kier alpha value is -1.89. The number of amides is 1. The van der Waals surface area contributed by atoms with Gasteiger partial charge in [0.15, 0.2) is 6.61 Å². The highest BCUT2D eigenvalue weighted by molar-refractivity contribution is 14.1. The van der Waals surface area contributed by atoms with Gasteiger partial charge >= 0.3 is 0 Å². The number of carbonyl (C=O) groups is 1. The van der Waals surface area contributed by atoms with E-state index < -0.39 is 0 Å². The zero-order chi connectivity index (χ0) is 15.8. The Morgan fingerprint density at radius 3 is 2.73 bits per heavy atom. The summed E-state index contributed by atoms with van der Waals surface area (Å²) in [5, 5.41) is 3.91. The van der Waals surface area contributed by atoms with Gasteiger partial charge < -0.3 is 4.74 Å². The van der Waals surface area contributed by atoms with Crippen molar-refractivity contribution in [1.82, 2.24) is 5.43 Å². The molecule has 0 unspecified atom stereocenters. The van der Waals surface area contributed by atoms with Crippen LogP contribution in [0.5, 0.6) is 5.75 Å². The van der Waals surface area contributed by atoms with Crippen LogP contribution in [0.15, 0.2) is 53.6 Å². The number of hydrogen-bond donors (Lipinski definition) is 1. The van der Waals surface area contributed by atoms with Crippen LogP contribution in [0.4, 0.5) is 0 Å². The lowest BCUT2D eigenvalue weighted by atomic mass is 10.2. The van der Waals surface area contributed by atoms with Gasteiger partial charge in [0.25, 0.3) is 5.91 Å². The summed E-state index contributed by atoms with van der Waals surface area (Å²) in [6, 6.07) is 15.5. The van der Waals surface area contributed by atoms with Crippen molar-refractivity contribution in [1.29, 1.82) is 0 Å². The monoisotopic (exact) mass is 408 g/mol. The molecule has 0 aliphatic carbocycles. The van der Waals surface area contributed by atoms with E-state index in [1.54, 1.807) is 6.21 Å². The summed E-state index contributed by atoms with van der Waals surface area (Å²) in [6.45, 7) is 2.03. The van der Waals surface area contributed by atoms with Gasteiger partial charge in [-0.05, 0) is 64.4 Å². The van der Waals surface area contributed by atoms with E-state index in [1.165, 1.54) is 5.56 Å². The van der Waals surface area contributed by atoms with E-state index in [0.717, 1.165) is 15.6 Å². The second-order valence-electron chi connectivity index (χ2n) is 4.63. The molecule has 1 N–H and O–H groups in total. The highest BCUT2D eigenvalue weighted by Gasteiger charge is 2.01. The fourth-order valence-corrected chi connectivity index (χ4v) is 2.34. The van der Waals surface area contributed by atoms with Gasteiger partial charge in [0, 0.05) is 3.57 Å². The van der Waals surface area contributed by atoms with E-state index in [2.05, 4.69) is 40.0 Å². The predicted octanol–water partition coefficient (Wildman–Crippen LogP) is 3.38. The number of ether oxygens (including phenoxy) is 1. The van der Waals surface area contributed by atoms with Crippen LogP contribution < -0.4 is 10.2 Å². The highest BCUT2D eigenvalue weighted by atomic mass is 127. The molecule has 1 amide bonds. The molecule has 0 bridgehead atoms. The molecule has 0 saturated carbocycles. The third-order valence-corrected chi connectivity index (χ3v) is 3.62. The molecule has 2 rings (SSSR count). The molecular weight excluding hydrogens is 391 g/mol. The highest BCUT2D eigenvalue weighted by Crippen LogP contribution is 2.12. The number of nitrogens with one attached hydrogen (secondary N) is 1. The van der Waals surface area contributed by atoms with Crippen molar-refractivity contribution in [3.8, 4) is 5.75 Å². The summed E-state index contributed by atoms with van der Waals surface area (Å²) in [4.78, 5) is 11.6. The number of aryl methyl sites for hydroxylation is 1. The molecular formula is C17H17IN2O2. The third-order valence-electron chi connectivity index (χ3n) is 2.95. The normalized spacial score (nSPS) is 10.6. The van der Waals surface area contributed by atoms with E-state index in [-0.39, 0.29) is 12.5 Å². The number of benzene rings is 2. The lowest BCUT2D eigenvalue weighted by Crippen LogP contribution is -2.24. The van der Waals surface area contributed by atoms with E-state index in [9.17, 15) is 4.79 Å². The van der Waals surface area contributed by atoms with Crippen molar-refractivity contribution in [3.63, 3.8) is 0 Å². The van der Waals surface area contributed by atoms with Crippen molar-refractivity contribution in [2.75, 3.05) is 6.61 Å². The lowest BCUT2D eigenvalue weighted by molar-refractivity contribution is -0.123. The minimum Gasteiger partial charge on any atom is -0.484 e. The van der Waals surface area contributed by atoms with Crippen LogP contribution in [0.2, 0.25) is 0 Å². The Kier molecular flexibility index (Phi) is 6.39. The van der Waals surface area contributed by atoms with Crippen LogP contribution in [0, 0.1) is 3.57 Å². The topological polar surface area (TPSA) is 50.7 Å². The maximum Gasteiger partial charge on any atom is 0.277 e. The Labute approximate surface area is 143 Å². The third kappa shape index (κ3) is 5.48. The zero-order valence-corrected chi connectivity index (χ0v) is 14.4. The average molecular weight is 408 g/mol. The summed E-state index contributed by atoms with van der Waals surface area (Å²) in [5.74, 6) is 0.385. The van der Waals surface area contributed by atoms with Crippen molar-refractivity contribution in [2.24, 2.45) is 5.10 Å². The van der Waals surface area contributed by atoms with E-state index >= 15 is 0 Å². The number of hydrogen-bond acceptors (Lipinski definition) is 3. The first kappa shape index (κ1) is 16.5. The molecule has 0 fully saturated rings. The summed E-state index contributed by atoms with van der Waals surface area (Å²) >= 11 is 2.23. The molecule has 2 aromatic rings. The number of halogens is 1. The Bertz CT molecular complexity index is 654. The Morgan fingerprint density at radius 1 is 1.27 bits per heavy atom. The molecule has 0 aromatic heterocycles. The smallest absolute Gasteiger partial charge is 0.277 e. The average Bonchev–Trinajstić information content (AvgIpc) is 2.53. The maximum absolute atomic E-state index is 11.6. The summed E-state index contributed by atoms with van der Waals surface area (Å²) < 4.78 is 6.52. The first-order chi connectivity index (χ1) is 10.7. The number of carbonyl (C=O) groups excluding carboxylic acids is 1. The van der Waals surface area contributed by atoms with Gasteiger partial charge in [-0.2, -0.15) is 5.10 Å². The molecule has 4 nitrogen and oxygen atoms in total.